The van der Waals surface area contributed by atoms with Crippen LogP contribution in [-0.4, -0.2) is 34.9 Å². The Morgan fingerprint density at radius 3 is 2.86 bits per heavy atom. The summed E-state index contributed by atoms with van der Waals surface area (Å²) in [7, 11) is 0. The zero-order valence-electron chi connectivity index (χ0n) is 11.5. The molecule has 21 heavy (non-hydrogen) atoms. The van der Waals surface area contributed by atoms with Gasteiger partial charge in [-0.05, 0) is 31.0 Å². The predicted octanol–water partition coefficient (Wildman–Crippen LogP) is 3.04. The van der Waals surface area contributed by atoms with E-state index >= 15 is 0 Å². The largest absolute Gasteiger partial charge is 0.472 e. The first-order valence-electron chi connectivity index (χ1n) is 6.92. The highest BCUT2D eigenvalue weighted by Crippen LogP contribution is 2.19. The van der Waals surface area contributed by atoms with E-state index in [1.165, 1.54) is 12.5 Å². The lowest BCUT2D eigenvalue weighted by Gasteiger charge is -2.32. The third-order valence-corrected chi connectivity index (χ3v) is 3.86. The number of hydrogen-bond donors (Lipinski definition) is 1. The number of nitrogens with zero attached hydrogens (tertiary/aromatic N) is 2. The minimum absolute atomic E-state index is 0.0306. The van der Waals surface area contributed by atoms with Crippen molar-refractivity contribution < 1.29 is 9.21 Å². The number of likely N-dealkylation sites (tertiary alicyclic amines) is 1. The third kappa shape index (κ3) is 3.36. The first kappa shape index (κ1) is 13.9. The van der Waals surface area contributed by atoms with Gasteiger partial charge in [0, 0.05) is 30.4 Å². The normalized spacial score (nSPS) is 16.0. The molecule has 1 amide bonds. The lowest BCUT2D eigenvalue weighted by Crippen LogP contribution is -2.42. The first-order valence-corrected chi connectivity index (χ1v) is 7.30. The van der Waals surface area contributed by atoms with Crippen LogP contribution in [0.1, 0.15) is 23.2 Å². The Bertz CT molecular complexity index is 607. The molecule has 0 spiro atoms. The Labute approximate surface area is 127 Å². The average Bonchev–Trinajstić information content (AvgIpc) is 3.01. The van der Waals surface area contributed by atoms with Crippen molar-refractivity contribution in [1.82, 2.24) is 9.88 Å². The van der Waals surface area contributed by atoms with Crippen molar-refractivity contribution in [1.29, 1.82) is 0 Å². The third-order valence-electron chi connectivity index (χ3n) is 3.62. The van der Waals surface area contributed by atoms with Crippen LogP contribution in [0.4, 0.5) is 5.82 Å². The second kappa shape index (κ2) is 6.18. The topological polar surface area (TPSA) is 58.4 Å². The van der Waals surface area contributed by atoms with Crippen molar-refractivity contribution in [2.75, 3.05) is 18.4 Å². The van der Waals surface area contributed by atoms with Gasteiger partial charge in [0.1, 0.15) is 12.1 Å². The molecule has 1 aliphatic heterocycles. The van der Waals surface area contributed by atoms with Gasteiger partial charge in [0.05, 0.1) is 11.8 Å². The van der Waals surface area contributed by atoms with E-state index in [9.17, 15) is 4.79 Å². The number of amides is 1. The summed E-state index contributed by atoms with van der Waals surface area (Å²) in [5.74, 6) is 0.810. The number of anilines is 1. The molecule has 1 fully saturated rings. The molecule has 0 bridgehead atoms. The number of furan rings is 1. The molecule has 0 aromatic carbocycles. The highest BCUT2D eigenvalue weighted by molar-refractivity contribution is 6.30. The second-order valence-corrected chi connectivity index (χ2v) is 5.52. The van der Waals surface area contributed by atoms with Crippen molar-refractivity contribution in [3.8, 4) is 0 Å². The van der Waals surface area contributed by atoms with Crippen LogP contribution in [0, 0.1) is 0 Å². The molecule has 0 saturated carbocycles. The molecule has 3 rings (SSSR count). The molecule has 3 heterocycles. The van der Waals surface area contributed by atoms with Gasteiger partial charge in [-0.2, -0.15) is 0 Å². The van der Waals surface area contributed by atoms with Crippen molar-refractivity contribution in [3.63, 3.8) is 0 Å². The number of pyridine rings is 1. The highest BCUT2D eigenvalue weighted by atomic mass is 35.5. The van der Waals surface area contributed by atoms with Gasteiger partial charge in [0.2, 0.25) is 0 Å². The number of carbonyl (C=O) groups is 1. The second-order valence-electron chi connectivity index (χ2n) is 5.08. The Kier molecular flexibility index (Phi) is 4.10. The average molecular weight is 306 g/mol. The maximum absolute atomic E-state index is 12.2. The fraction of sp³-hybridized carbons (Fsp3) is 0.333. The molecule has 6 heteroatoms. The SMILES string of the molecule is O=C(c1ccoc1)N1CCC(Nc2cc(Cl)ccn2)CC1. The maximum Gasteiger partial charge on any atom is 0.257 e. The fourth-order valence-corrected chi connectivity index (χ4v) is 2.65. The van der Waals surface area contributed by atoms with Gasteiger partial charge in [-0.25, -0.2) is 4.98 Å². The number of carbonyl (C=O) groups excluding carboxylic acids is 1. The summed E-state index contributed by atoms with van der Waals surface area (Å²) in [6, 6.07) is 5.57. The zero-order valence-corrected chi connectivity index (χ0v) is 12.2. The van der Waals surface area contributed by atoms with E-state index < -0.39 is 0 Å². The summed E-state index contributed by atoms with van der Waals surface area (Å²) in [5.41, 5.74) is 0.609. The Morgan fingerprint density at radius 2 is 2.19 bits per heavy atom. The monoisotopic (exact) mass is 305 g/mol. The number of rotatable bonds is 3. The molecule has 2 aromatic heterocycles. The van der Waals surface area contributed by atoms with Gasteiger partial charge in [0.25, 0.3) is 5.91 Å². The summed E-state index contributed by atoms with van der Waals surface area (Å²) in [4.78, 5) is 18.3. The number of halogens is 1. The predicted molar refractivity (Wildman–Crippen MR) is 80.5 cm³/mol. The molecular formula is C15H16ClN3O2. The van der Waals surface area contributed by atoms with E-state index in [0.717, 1.165) is 31.7 Å². The molecule has 0 aliphatic carbocycles. The van der Waals surface area contributed by atoms with Gasteiger partial charge in [0.15, 0.2) is 0 Å². The van der Waals surface area contributed by atoms with E-state index in [1.54, 1.807) is 18.3 Å². The van der Waals surface area contributed by atoms with Crippen LogP contribution in [0.2, 0.25) is 5.02 Å². The maximum atomic E-state index is 12.2. The van der Waals surface area contributed by atoms with Crippen LogP contribution in [0.25, 0.3) is 0 Å². The smallest absolute Gasteiger partial charge is 0.257 e. The summed E-state index contributed by atoms with van der Waals surface area (Å²) < 4.78 is 4.96. The van der Waals surface area contributed by atoms with Gasteiger partial charge >= 0.3 is 0 Å². The quantitative estimate of drug-likeness (QED) is 0.947. The molecule has 2 aromatic rings. The van der Waals surface area contributed by atoms with E-state index in [2.05, 4.69) is 10.3 Å². The number of piperidine rings is 1. The Hall–Kier alpha value is -2.01. The van der Waals surface area contributed by atoms with E-state index in [4.69, 9.17) is 16.0 Å². The van der Waals surface area contributed by atoms with E-state index in [1.807, 2.05) is 11.0 Å². The van der Waals surface area contributed by atoms with E-state index in [-0.39, 0.29) is 5.91 Å². The van der Waals surface area contributed by atoms with Crippen LogP contribution >= 0.6 is 11.6 Å². The minimum atomic E-state index is 0.0306. The summed E-state index contributed by atoms with van der Waals surface area (Å²) >= 11 is 5.94. The van der Waals surface area contributed by atoms with Crippen molar-refractivity contribution in [2.45, 2.75) is 18.9 Å². The van der Waals surface area contributed by atoms with Crippen LogP contribution < -0.4 is 5.32 Å². The molecule has 1 saturated heterocycles. The van der Waals surface area contributed by atoms with Gasteiger partial charge < -0.3 is 14.6 Å². The molecule has 110 valence electrons. The summed E-state index contributed by atoms with van der Waals surface area (Å²) in [5, 5.41) is 4.03. The zero-order chi connectivity index (χ0) is 14.7. The molecule has 0 unspecified atom stereocenters. The van der Waals surface area contributed by atoms with Crippen LogP contribution in [0.5, 0.6) is 0 Å². The van der Waals surface area contributed by atoms with Crippen molar-refractivity contribution in [2.24, 2.45) is 0 Å². The number of aromatic nitrogens is 1. The van der Waals surface area contributed by atoms with Gasteiger partial charge in [-0.3, -0.25) is 4.79 Å². The lowest BCUT2D eigenvalue weighted by molar-refractivity contribution is 0.0717. The summed E-state index contributed by atoms with van der Waals surface area (Å²) in [6.45, 7) is 1.45. The molecule has 1 N–H and O–H groups in total. The first-order chi connectivity index (χ1) is 10.2. The van der Waals surface area contributed by atoms with Crippen molar-refractivity contribution in [3.05, 3.63) is 47.5 Å². The van der Waals surface area contributed by atoms with Crippen LogP contribution in [0.15, 0.2) is 41.3 Å². The summed E-state index contributed by atoms with van der Waals surface area (Å²) in [6.07, 6.45) is 6.46. The minimum Gasteiger partial charge on any atom is -0.472 e. The standard InChI is InChI=1S/C15H16ClN3O2/c16-12-1-5-17-14(9-12)18-13-2-6-19(7-3-13)15(20)11-4-8-21-10-11/h1,4-5,8-10,13H,2-3,6-7H2,(H,17,18). The van der Waals surface area contributed by atoms with Gasteiger partial charge in [-0.1, -0.05) is 11.6 Å². The van der Waals surface area contributed by atoms with Crippen LogP contribution in [-0.2, 0) is 0 Å². The Morgan fingerprint density at radius 1 is 1.38 bits per heavy atom. The van der Waals surface area contributed by atoms with Crippen LogP contribution in [0.3, 0.4) is 0 Å². The molecular weight excluding hydrogens is 290 g/mol. The number of nitrogens with one attached hydrogen (secondary N) is 1. The molecule has 0 radical (unpaired) electrons. The Balaban J connectivity index is 1.54. The number of hydrogen-bond acceptors (Lipinski definition) is 4. The van der Waals surface area contributed by atoms with E-state index in [0.29, 0.717) is 16.6 Å². The highest BCUT2D eigenvalue weighted by Gasteiger charge is 2.24. The van der Waals surface area contributed by atoms with Gasteiger partial charge in [-0.15, -0.1) is 0 Å². The van der Waals surface area contributed by atoms with Crippen molar-refractivity contribution >= 4 is 23.3 Å². The lowest BCUT2D eigenvalue weighted by atomic mass is 10.0. The molecule has 0 atom stereocenters. The molecule has 5 nitrogen and oxygen atoms in total. The fourth-order valence-electron chi connectivity index (χ4n) is 2.49. The molecule has 1 aliphatic rings.